The molecule has 3 aromatic carbocycles. The number of aryl methyl sites for hydroxylation is 3. The van der Waals surface area contributed by atoms with E-state index in [-0.39, 0.29) is 0 Å². The van der Waals surface area contributed by atoms with Gasteiger partial charge in [0, 0.05) is 10.6 Å². The van der Waals surface area contributed by atoms with E-state index in [0.29, 0.717) is 22.8 Å². The van der Waals surface area contributed by atoms with Gasteiger partial charge in [-0.05, 0) is 74.2 Å². The monoisotopic (exact) mass is 509 g/mol. The summed E-state index contributed by atoms with van der Waals surface area (Å²) in [6.07, 6.45) is 3.25. The molecule has 0 aliphatic heterocycles. The summed E-state index contributed by atoms with van der Waals surface area (Å²) < 4.78 is 24.9. The predicted octanol–water partition coefficient (Wildman–Crippen LogP) is 6.48. The molecular formula is C27H28ClN3O3S. The molecule has 0 aliphatic carbocycles. The van der Waals surface area contributed by atoms with Gasteiger partial charge in [0.1, 0.15) is 5.82 Å². The van der Waals surface area contributed by atoms with Crippen molar-refractivity contribution in [2.75, 3.05) is 4.31 Å². The lowest BCUT2D eigenvalue weighted by Crippen LogP contribution is -2.32. The molecule has 6 nitrogen and oxygen atoms in total. The first-order valence-electron chi connectivity index (χ1n) is 11.5. The molecule has 1 atom stereocenters. The summed E-state index contributed by atoms with van der Waals surface area (Å²) in [7, 11) is 0. The van der Waals surface area contributed by atoms with Crippen LogP contribution >= 0.6 is 11.6 Å². The SMILES string of the molecule is CCCCc1ccc(Cn2c(C)nc3ccc(C(=O)N(c4ccc(C)cc4)S(=O)O)cc32)c(Cl)c1. The Morgan fingerprint density at radius 2 is 1.83 bits per heavy atom. The molecule has 0 saturated heterocycles. The number of carbonyl (C=O) groups is 1. The molecule has 0 fully saturated rings. The summed E-state index contributed by atoms with van der Waals surface area (Å²) in [6, 6.07) is 18.2. The second-order valence-corrected chi connectivity index (χ2v) is 9.88. The highest BCUT2D eigenvalue weighted by Gasteiger charge is 2.24. The largest absolute Gasteiger partial charge is 0.324 e. The number of nitrogens with zero attached hydrogens (tertiary/aromatic N) is 3. The molecule has 1 heterocycles. The summed E-state index contributed by atoms with van der Waals surface area (Å²) in [6.45, 7) is 6.49. The standard InChI is InChI=1S/C27H28ClN3O3S/c1-4-5-6-20-9-10-22(24(28)15-20)17-30-19(3)29-25-14-11-21(16-26(25)30)27(32)31(35(33)34)23-12-7-18(2)8-13-23/h7-16H,4-6,17H2,1-3H3,(H,33,34). The fourth-order valence-corrected chi connectivity index (χ4v) is 4.89. The minimum absolute atomic E-state index is 0.294. The summed E-state index contributed by atoms with van der Waals surface area (Å²) in [5.74, 6) is 0.220. The summed E-state index contributed by atoms with van der Waals surface area (Å²) in [5, 5.41) is 0.702. The van der Waals surface area contributed by atoms with Gasteiger partial charge in [-0.25, -0.2) is 13.5 Å². The van der Waals surface area contributed by atoms with Gasteiger partial charge in [-0.3, -0.25) is 9.35 Å². The number of anilines is 1. The number of amides is 1. The third-order valence-electron chi connectivity index (χ3n) is 6.06. The van der Waals surface area contributed by atoms with E-state index in [0.717, 1.165) is 51.6 Å². The number of rotatable bonds is 8. The quantitative estimate of drug-likeness (QED) is 0.276. The molecule has 1 aromatic heterocycles. The van der Waals surface area contributed by atoms with E-state index in [1.54, 1.807) is 42.5 Å². The Morgan fingerprint density at radius 1 is 1.09 bits per heavy atom. The zero-order valence-electron chi connectivity index (χ0n) is 20.0. The van der Waals surface area contributed by atoms with Gasteiger partial charge >= 0.3 is 0 Å². The molecular weight excluding hydrogens is 482 g/mol. The van der Waals surface area contributed by atoms with Crippen LogP contribution in [0.2, 0.25) is 5.02 Å². The van der Waals surface area contributed by atoms with Crippen LogP contribution in [-0.4, -0.2) is 24.2 Å². The number of benzene rings is 3. The van der Waals surface area contributed by atoms with Crippen molar-refractivity contribution < 1.29 is 13.6 Å². The molecule has 4 aromatic rings. The summed E-state index contributed by atoms with van der Waals surface area (Å²) in [4.78, 5) is 17.9. The predicted molar refractivity (Wildman–Crippen MR) is 142 cm³/mol. The number of fused-ring (bicyclic) bond motifs is 1. The number of hydrogen-bond donors (Lipinski definition) is 1. The van der Waals surface area contributed by atoms with Gasteiger partial charge in [-0.1, -0.05) is 54.8 Å². The van der Waals surface area contributed by atoms with Crippen LogP contribution in [0.3, 0.4) is 0 Å². The van der Waals surface area contributed by atoms with E-state index in [1.807, 2.05) is 30.5 Å². The molecule has 0 bridgehead atoms. The van der Waals surface area contributed by atoms with Crippen molar-refractivity contribution >= 4 is 45.5 Å². The van der Waals surface area contributed by atoms with Gasteiger partial charge in [0.2, 0.25) is 0 Å². The normalized spacial score (nSPS) is 12.1. The lowest BCUT2D eigenvalue weighted by atomic mass is 10.1. The zero-order valence-corrected chi connectivity index (χ0v) is 21.6. The van der Waals surface area contributed by atoms with Crippen molar-refractivity contribution in [3.8, 4) is 0 Å². The topological polar surface area (TPSA) is 75.4 Å². The number of carbonyl (C=O) groups excluding carboxylic acids is 1. The Bertz CT molecular complexity index is 1400. The number of aromatic nitrogens is 2. The van der Waals surface area contributed by atoms with E-state index in [2.05, 4.69) is 18.0 Å². The van der Waals surface area contributed by atoms with Crippen molar-refractivity contribution in [3.05, 3.63) is 93.8 Å². The maximum Gasteiger partial charge on any atom is 0.272 e. The minimum atomic E-state index is -2.52. The van der Waals surface area contributed by atoms with Crippen LogP contribution in [0.5, 0.6) is 0 Å². The molecule has 1 amide bonds. The average molecular weight is 510 g/mol. The van der Waals surface area contributed by atoms with Crippen LogP contribution in [0.4, 0.5) is 5.69 Å². The van der Waals surface area contributed by atoms with Crippen LogP contribution in [-0.2, 0) is 24.2 Å². The Hall–Kier alpha value is -3.00. The molecule has 182 valence electrons. The molecule has 1 N–H and O–H groups in total. The Labute approximate surface area is 213 Å². The van der Waals surface area contributed by atoms with Gasteiger partial charge in [0.05, 0.1) is 23.3 Å². The third-order valence-corrected chi connectivity index (χ3v) is 7.10. The van der Waals surface area contributed by atoms with Crippen LogP contribution in [0.25, 0.3) is 11.0 Å². The highest BCUT2D eigenvalue weighted by atomic mass is 35.5. The van der Waals surface area contributed by atoms with Crippen LogP contribution in [0.1, 0.15) is 52.6 Å². The summed E-state index contributed by atoms with van der Waals surface area (Å²) in [5.41, 5.74) is 5.30. The second-order valence-electron chi connectivity index (χ2n) is 8.64. The first-order valence-corrected chi connectivity index (χ1v) is 13.0. The van der Waals surface area contributed by atoms with Crippen molar-refractivity contribution in [1.82, 2.24) is 9.55 Å². The van der Waals surface area contributed by atoms with Gasteiger partial charge in [0.25, 0.3) is 17.2 Å². The van der Waals surface area contributed by atoms with Gasteiger partial charge in [0.15, 0.2) is 0 Å². The Kier molecular flexibility index (Phi) is 7.69. The first kappa shape index (κ1) is 25.1. The Balaban J connectivity index is 1.68. The maximum absolute atomic E-state index is 13.3. The van der Waals surface area contributed by atoms with Gasteiger partial charge in [-0.15, -0.1) is 0 Å². The first-order chi connectivity index (χ1) is 16.8. The minimum Gasteiger partial charge on any atom is -0.324 e. The highest BCUT2D eigenvalue weighted by molar-refractivity contribution is 7.81. The molecule has 4 rings (SSSR count). The molecule has 35 heavy (non-hydrogen) atoms. The maximum atomic E-state index is 13.3. The lowest BCUT2D eigenvalue weighted by Gasteiger charge is -2.18. The van der Waals surface area contributed by atoms with Gasteiger partial charge in [-0.2, -0.15) is 0 Å². The number of unbranched alkanes of at least 4 members (excludes halogenated alkanes) is 1. The number of halogens is 1. The van der Waals surface area contributed by atoms with E-state index in [4.69, 9.17) is 11.6 Å². The van der Waals surface area contributed by atoms with Crippen LogP contribution in [0.15, 0.2) is 60.7 Å². The van der Waals surface area contributed by atoms with E-state index >= 15 is 0 Å². The molecule has 8 heteroatoms. The summed E-state index contributed by atoms with van der Waals surface area (Å²) >= 11 is 4.09. The fraction of sp³-hybridized carbons (Fsp3) is 0.259. The van der Waals surface area contributed by atoms with E-state index in [9.17, 15) is 13.6 Å². The highest BCUT2D eigenvalue weighted by Crippen LogP contribution is 2.26. The van der Waals surface area contributed by atoms with Gasteiger partial charge < -0.3 is 4.57 Å². The molecule has 0 saturated carbocycles. The van der Waals surface area contributed by atoms with Crippen LogP contribution < -0.4 is 4.31 Å². The van der Waals surface area contributed by atoms with E-state index in [1.165, 1.54) is 5.56 Å². The smallest absolute Gasteiger partial charge is 0.272 e. The number of hydrogen-bond acceptors (Lipinski definition) is 3. The second kappa shape index (κ2) is 10.7. The van der Waals surface area contributed by atoms with Crippen molar-refractivity contribution in [2.24, 2.45) is 0 Å². The molecule has 0 radical (unpaired) electrons. The zero-order chi connectivity index (χ0) is 25.1. The molecule has 0 spiro atoms. The van der Waals surface area contributed by atoms with Crippen molar-refractivity contribution in [3.63, 3.8) is 0 Å². The Morgan fingerprint density at radius 3 is 2.49 bits per heavy atom. The van der Waals surface area contributed by atoms with Crippen molar-refractivity contribution in [1.29, 1.82) is 0 Å². The van der Waals surface area contributed by atoms with Crippen LogP contribution in [0, 0.1) is 13.8 Å². The number of imidazole rings is 1. The van der Waals surface area contributed by atoms with Crippen molar-refractivity contribution in [2.45, 2.75) is 46.6 Å². The average Bonchev–Trinajstić information content (AvgIpc) is 3.14. The van der Waals surface area contributed by atoms with E-state index < -0.39 is 17.2 Å². The lowest BCUT2D eigenvalue weighted by molar-refractivity contribution is 0.100. The molecule has 0 aliphatic rings. The third kappa shape index (κ3) is 5.48. The fourth-order valence-electron chi connectivity index (χ4n) is 4.08. The molecule has 1 unspecified atom stereocenters.